The lowest BCUT2D eigenvalue weighted by Crippen LogP contribution is -2.52. The van der Waals surface area contributed by atoms with Crippen molar-refractivity contribution in [1.29, 1.82) is 0 Å². The molecule has 0 N–H and O–H groups in total. The van der Waals surface area contributed by atoms with E-state index in [1.54, 1.807) is 11.8 Å². The van der Waals surface area contributed by atoms with E-state index in [4.69, 9.17) is 9.47 Å². The second-order valence-corrected chi connectivity index (χ2v) is 6.83. The lowest BCUT2D eigenvalue weighted by molar-refractivity contribution is -0.146. The molecule has 0 saturated carbocycles. The van der Waals surface area contributed by atoms with Crippen molar-refractivity contribution in [2.75, 3.05) is 39.9 Å². The van der Waals surface area contributed by atoms with Gasteiger partial charge in [0.2, 0.25) is 0 Å². The van der Waals surface area contributed by atoms with Crippen LogP contribution in [0.3, 0.4) is 0 Å². The van der Waals surface area contributed by atoms with Gasteiger partial charge >= 0.3 is 12.1 Å². The normalized spacial score (nSPS) is 25.8. The molecular formula is C17H26F2N2O5. The third-order valence-electron chi connectivity index (χ3n) is 4.92. The number of amides is 1. The largest absolute Gasteiger partial charge is 0.466 e. The van der Waals surface area contributed by atoms with Crippen molar-refractivity contribution in [1.82, 2.24) is 9.80 Å². The summed E-state index contributed by atoms with van der Waals surface area (Å²) in [5.74, 6) is -3.91. The lowest BCUT2D eigenvalue weighted by atomic mass is 9.86. The Kier molecular flexibility index (Phi) is 6.91. The van der Waals surface area contributed by atoms with Crippen LogP contribution in [0.5, 0.6) is 0 Å². The number of carbonyl (C=O) groups is 3. The molecule has 2 rings (SSSR count). The minimum atomic E-state index is -2.72. The predicted molar refractivity (Wildman–Crippen MR) is 87.9 cm³/mol. The highest BCUT2D eigenvalue weighted by molar-refractivity contribution is 5.96. The Labute approximate surface area is 151 Å². The Morgan fingerprint density at radius 2 is 1.96 bits per heavy atom. The molecule has 2 heterocycles. The standard InChI is InChI=1S/C17H26F2N2O5/c1-3-26-15(23)9-14(22)12-4-6-21(16(24)25-2)13(8-12)10-20-7-5-17(18,19)11-20/h12-13H,3-11H2,1-2H3/t12-,13+/m1/s1. The molecule has 2 aliphatic heterocycles. The van der Waals surface area contributed by atoms with E-state index in [1.165, 1.54) is 12.0 Å². The summed E-state index contributed by atoms with van der Waals surface area (Å²) in [7, 11) is 1.27. The van der Waals surface area contributed by atoms with Gasteiger partial charge in [-0.2, -0.15) is 0 Å². The molecule has 26 heavy (non-hydrogen) atoms. The van der Waals surface area contributed by atoms with E-state index >= 15 is 0 Å². The Balaban J connectivity index is 2.00. The first kappa shape index (κ1) is 20.5. The van der Waals surface area contributed by atoms with Crippen LogP contribution in [0.2, 0.25) is 0 Å². The van der Waals surface area contributed by atoms with Gasteiger partial charge in [-0.15, -0.1) is 0 Å². The van der Waals surface area contributed by atoms with E-state index < -0.39 is 29.9 Å². The van der Waals surface area contributed by atoms with Crippen LogP contribution >= 0.6 is 0 Å². The van der Waals surface area contributed by atoms with E-state index in [9.17, 15) is 23.2 Å². The fourth-order valence-electron chi connectivity index (χ4n) is 3.63. The number of piperidine rings is 1. The average Bonchev–Trinajstić information content (AvgIpc) is 2.92. The van der Waals surface area contributed by atoms with E-state index in [0.717, 1.165) is 0 Å². The second kappa shape index (κ2) is 8.75. The zero-order valence-electron chi connectivity index (χ0n) is 15.2. The quantitative estimate of drug-likeness (QED) is 0.519. The molecule has 0 aliphatic carbocycles. The zero-order valence-corrected chi connectivity index (χ0v) is 15.2. The molecule has 9 heteroatoms. The SMILES string of the molecule is CCOC(=O)CC(=O)[C@@H]1CCN(C(=O)OC)[C@H](CN2CCC(F)(F)C2)C1. The summed E-state index contributed by atoms with van der Waals surface area (Å²) in [4.78, 5) is 39.0. The fraction of sp³-hybridized carbons (Fsp3) is 0.824. The summed E-state index contributed by atoms with van der Waals surface area (Å²) in [5, 5.41) is 0. The topological polar surface area (TPSA) is 76.2 Å². The van der Waals surface area contributed by atoms with Crippen LogP contribution in [0.1, 0.15) is 32.6 Å². The highest BCUT2D eigenvalue weighted by atomic mass is 19.3. The first-order valence-corrected chi connectivity index (χ1v) is 8.89. The van der Waals surface area contributed by atoms with Crippen molar-refractivity contribution < 1.29 is 32.6 Å². The highest BCUT2D eigenvalue weighted by Crippen LogP contribution is 2.30. The van der Waals surface area contributed by atoms with Crippen LogP contribution < -0.4 is 0 Å². The minimum absolute atomic E-state index is 0.205. The van der Waals surface area contributed by atoms with Crippen LogP contribution in [-0.4, -0.2) is 79.5 Å². The molecule has 0 bridgehead atoms. The number of alkyl halides is 2. The summed E-state index contributed by atoms with van der Waals surface area (Å²) in [5.41, 5.74) is 0. The highest BCUT2D eigenvalue weighted by Gasteiger charge is 2.42. The zero-order chi connectivity index (χ0) is 19.3. The molecule has 7 nitrogen and oxygen atoms in total. The third-order valence-corrected chi connectivity index (χ3v) is 4.92. The number of Topliss-reactive ketones (excluding diaryl/α,β-unsaturated/α-hetero) is 1. The molecule has 148 valence electrons. The number of likely N-dealkylation sites (tertiary alicyclic amines) is 2. The van der Waals surface area contributed by atoms with E-state index in [0.29, 0.717) is 19.4 Å². The van der Waals surface area contributed by atoms with Gasteiger partial charge in [-0.3, -0.25) is 14.5 Å². The number of methoxy groups -OCH3 is 1. The first-order valence-electron chi connectivity index (χ1n) is 8.89. The number of hydrogen-bond acceptors (Lipinski definition) is 6. The molecule has 2 saturated heterocycles. The monoisotopic (exact) mass is 376 g/mol. The van der Waals surface area contributed by atoms with E-state index in [-0.39, 0.29) is 44.9 Å². The summed E-state index contributed by atoms with van der Waals surface area (Å²) < 4.78 is 36.5. The summed E-state index contributed by atoms with van der Waals surface area (Å²) >= 11 is 0. The molecule has 0 unspecified atom stereocenters. The van der Waals surface area contributed by atoms with Crippen LogP contribution in [0.25, 0.3) is 0 Å². The second-order valence-electron chi connectivity index (χ2n) is 6.83. The molecular weight excluding hydrogens is 350 g/mol. The number of halogens is 2. The number of nitrogens with zero attached hydrogens (tertiary/aromatic N) is 2. The van der Waals surface area contributed by atoms with Gasteiger partial charge in [0.05, 0.1) is 20.3 Å². The van der Waals surface area contributed by atoms with Gasteiger partial charge in [0.25, 0.3) is 5.92 Å². The molecule has 0 spiro atoms. The Morgan fingerprint density at radius 3 is 2.54 bits per heavy atom. The van der Waals surface area contributed by atoms with Gasteiger partial charge in [-0.25, -0.2) is 13.6 Å². The number of carbonyl (C=O) groups excluding carboxylic acids is 3. The number of esters is 1. The van der Waals surface area contributed by atoms with Crippen molar-refractivity contribution in [3.05, 3.63) is 0 Å². The smallest absolute Gasteiger partial charge is 0.409 e. The molecule has 2 atom stereocenters. The summed E-state index contributed by atoms with van der Waals surface area (Å²) in [6.07, 6.45) is -0.290. The van der Waals surface area contributed by atoms with Crippen molar-refractivity contribution in [2.24, 2.45) is 5.92 Å². The first-order chi connectivity index (χ1) is 12.3. The molecule has 0 radical (unpaired) electrons. The van der Waals surface area contributed by atoms with Gasteiger partial charge < -0.3 is 14.4 Å². The maximum atomic E-state index is 13.4. The van der Waals surface area contributed by atoms with Crippen molar-refractivity contribution in [3.63, 3.8) is 0 Å². The molecule has 0 aromatic rings. The number of ketones is 1. The van der Waals surface area contributed by atoms with Gasteiger partial charge in [0.1, 0.15) is 12.2 Å². The summed E-state index contributed by atoms with van der Waals surface area (Å²) in [6.45, 7) is 2.33. The Hall–Kier alpha value is -1.77. The molecule has 2 fully saturated rings. The van der Waals surface area contributed by atoms with Gasteiger partial charge in [-0.1, -0.05) is 0 Å². The van der Waals surface area contributed by atoms with Crippen LogP contribution in [0, 0.1) is 5.92 Å². The minimum Gasteiger partial charge on any atom is -0.466 e. The van der Waals surface area contributed by atoms with Crippen molar-refractivity contribution in [3.8, 4) is 0 Å². The van der Waals surface area contributed by atoms with Crippen LogP contribution in [0.15, 0.2) is 0 Å². The molecule has 2 aliphatic rings. The summed E-state index contributed by atoms with van der Waals surface area (Å²) in [6, 6.07) is -0.402. The number of rotatable bonds is 6. The fourth-order valence-corrected chi connectivity index (χ4v) is 3.63. The molecule has 0 aromatic heterocycles. The van der Waals surface area contributed by atoms with Crippen molar-refractivity contribution >= 4 is 17.8 Å². The maximum absolute atomic E-state index is 13.4. The van der Waals surface area contributed by atoms with E-state index in [2.05, 4.69) is 0 Å². The maximum Gasteiger partial charge on any atom is 0.409 e. The van der Waals surface area contributed by atoms with E-state index in [1.807, 2.05) is 0 Å². The third kappa shape index (κ3) is 5.36. The van der Waals surface area contributed by atoms with Crippen molar-refractivity contribution in [2.45, 2.75) is 44.6 Å². The average molecular weight is 376 g/mol. The van der Waals surface area contributed by atoms with Crippen LogP contribution in [-0.2, 0) is 19.1 Å². The predicted octanol–water partition coefficient (Wildman–Crippen LogP) is 1.70. The Bertz CT molecular complexity index is 543. The molecule has 0 aromatic carbocycles. The number of hydrogen-bond donors (Lipinski definition) is 0. The molecule has 1 amide bonds. The number of ether oxygens (including phenoxy) is 2. The van der Waals surface area contributed by atoms with Crippen LogP contribution in [0.4, 0.5) is 13.6 Å². The van der Waals surface area contributed by atoms with Gasteiger partial charge in [0.15, 0.2) is 0 Å². The Morgan fingerprint density at radius 1 is 1.23 bits per heavy atom. The van der Waals surface area contributed by atoms with Gasteiger partial charge in [-0.05, 0) is 19.8 Å². The van der Waals surface area contributed by atoms with Gasteiger partial charge in [0, 0.05) is 38.0 Å². The lowest BCUT2D eigenvalue weighted by Gasteiger charge is -2.39.